The van der Waals surface area contributed by atoms with E-state index in [1.54, 1.807) is 0 Å². The molecule has 1 aliphatic rings. The van der Waals surface area contributed by atoms with E-state index in [-0.39, 0.29) is 22.7 Å². The van der Waals surface area contributed by atoms with Gasteiger partial charge in [-0.25, -0.2) is 4.98 Å². The summed E-state index contributed by atoms with van der Waals surface area (Å²) in [6, 6.07) is 3.94. The third-order valence-electron chi connectivity index (χ3n) is 3.93. The number of aryl methyl sites for hydroxylation is 1. The van der Waals surface area contributed by atoms with Gasteiger partial charge in [0, 0.05) is 17.7 Å². The van der Waals surface area contributed by atoms with Gasteiger partial charge in [0.05, 0.1) is 29.2 Å². The van der Waals surface area contributed by atoms with Crippen LogP contribution in [-0.2, 0) is 17.6 Å². The SMILES string of the molecule is COc1ccc([N+](=O)[O-])cc1NC(=O)CSc1nc2c(c(=O)[nH]1)CCC2. The first-order chi connectivity index (χ1) is 12.5. The van der Waals surface area contributed by atoms with Crippen LogP contribution in [0.1, 0.15) is 17.7 Å². The smallest absolute Gasteiger partial charge is 0.271 e. The molecule has 3 rings (SSSR count). The summed E-state index contributed by atoms with van der Waals surface area (Å²) in [6.07, 6.45) is 2.41. The first-order valence-corrected chi connectivity index (χ1v) is 8.83. The number of carbonyl (C=O) groups excluding carboxylic acids is 1. The van der Waals surface area contributed by atoms with Crippen LogP contribution in [0.3, 0.4) is 0 Å². The van der Waals surface area contributed by atoms with Gasteiger partial charge >= 0.3 is 0 Å². The Morgan fingerprint density at radius 3 is 3.00 bits per heavy atom. The Kier molecular flexibility index (Phi) is 5.21. The maximum atomic E-state index is 12.2. The third kappa shape index (κ3) is 3.85. The van der Waals surface area contributed by atoms with Crippen LogP contribution in [0.4, 0.5) is 11.4 Å². The van der Waals surface area contributed by atoms with Crippen LogP contribution in [0.5, 0.6) is 5.75 Å². The highest BCUT2D eigenvalue weighted by atomic mass is 32.2. The average Bonchev–Trinajstić information content (AvgIpc) is 3.09. The molecule has 0 fully saturated rings. The summed E-state index contributed by atoms with van der Waals surface area (Å²) < 4.78 is 5.11. The summed E-state index contributed by atoms with van der Waals surface area (Å²) in [6.45, 7) is 0. The maximum absolute atomic E-state index is 12.2. The van der Waals surface area contributed by atoms with Crippen LogP contribution in [0, 0.1) is 10.1 Å². The Hall–Kier alpha value is -2.88. The molecule has 0 atom stereocenters. The van der Waals surface area contributed by atoms with Gasteiger partial charge in [-0.2, -0.15) is 0 Å². The molecule has 9 nitrogen and oxygen atoms in total. The molecule has 1 aromatic heterocycles. The number of rotatable bonds is 6. The Bertz CT molecular complexity index is 927. The molecular formula is C16H16N4O5S. The van der Waals surface area contributed by atoms with Crippen molar-refractivity contribution >= 4 is 29.0 Å². The van der Waals surface area contributed by atoms with Gasteiger partial charge in [0.2, 0.25) is 5.91 Å². The number of benzene rings is 1. The van der Waals surface area contributed by atoms with Gasteiger partial charge in [-0.15, -0.1) is 0 Å². The highest BCUT2D eigenvalue weighted by Crippen LogP contribution is 2.29. The minimum Gasteiger partial charge on any atom is -0.495 e. The van der Waals surface area contributed by atoms with Crippen molar-refractivity contribution in [2.75, 3.05) is 18.2 Å². The van der Waals surface area contributed by atoms with Crippen molar-refractivity contribution in [2.24, 2.45) is 0 Å². The van der Waals surface area contributed by atoms with Gasteiger partial charge in [0.1, 0.15) is 5.75 Å². The average molecular weight is 376 g/mol. The molecule has 2 aromatic rings. The van der Waals surface area contributed by atoms with E-state index in [9.17, 15) is 19.7 Å². The van der Waals surface area contributed by atoms with Gasteiger partial charge < -0.3 is 15.0 Å². The zero-order valence-corrected chi connectivity index (χ0v) is 14.7. The number of nitrogens with zero attached hydrogens (tertiary/aromatic N) is 2. The number of anilines is 1. The molecule has 1 amide bonds. The van der Waals surface area contributed by atoms with E-state index in [4.69, 9.17) is 4.74 Å². The van der Waals surface area contributed by atoms with Crippen molar-refractivity contribution in [1.29, 1.82) is 0 Å². The van der Waals surface area contributed by atoms with E-state index < -0.39 is 10.8 Å². The van der Waals surface area contributed by atoms with E-state index >= 15 is 0 Å². The fourth-order valence-corrected chi connectivity index (χ4v) is 3.39. The summed E-state index contributed by atoms with van der Waals surface area (Å²) >= 11 is 1.10. The Morgan fingerprint density at radius 1 is 1.46 bits per heavy atom. The molecule has 10 heteroatoms. The molecule has 0 spiro atoms. The standard InChI is InChI=1S/C16H16N4O5S/c1-25-13-6-5-9(20(23)24)7-12(13)17-14(21)8-26-16-18-11-4-2-3-10(11)15(22)19-16/h5-7H,2-4,8H2,1H3,(H,17,21)(H,18,19,22). The molecule has 0 saturated carbocycles. The number of nitro benzene ring substituents is 1. The van der Waals surface area contributed by atoms with Gasteiger partial charge in [0.15, 0.2) is 5.16 Å². The number of aromatic amines is 1. The molecule has 136 valence electrons. The zero-order valence-electron chi connectivity index (χ0n) is 13.9. The van der Waals surface area contributed by atoms with Crippen LogP contribution in [-0.4, -0.2) is 33.7 Å². The van der Waals surface area contributed by atoms with Crippen LogP contribution in [0.2, 0.25) is 0 Å². The van der Waals surface area contributed by atoms with Crippen LogP contribution >= 0.6 is 11.8 Å². The van der Waals surface area contributed by atoms with Crippen LogP contribution < -0.4 is 15.6 Å². The largest absolute Gasteiger partial charge is 0.495 e. The molecule has 1 aromatic carbocycles. The topological polar surface area (TPSA) is 127 Å². The Morgan fingerprint density at radius 2 is 2.27 bits per heavy atom. The Balaban J connectivity index is 1.68. The van der Waals surface area contributed by atoms with Crippen molar-refractivity contribution in [3.63, 3.8) is 0 Å². The lowest BCUT2D eigenvalue weighted by atomic mass is 10.2. The number of non-ortho nitro benzene ring substituents is 1. The lowest BCUT2D eigenvalue weighted by Crippen LogP contribution is -2.18. The second-order valence-electron chi connectivity index (χ2n) is 5.63. The molecule has 2 N–H and O–H groups in total. The number of H-pyrrole nitrogens is 1. The number of methoxy groups -OCH3 is 1. The second-order valence-corrected chi connectivity index (χ2v) is 6.59. The van der Waals surface area contributed by atoms with Crippen LogP contribution in [0.15, 0.2) is 28.2 Å². The van der Waals surface area contributed by atoms with Crippen LogP contribution in [0.25, 0.3) is 0 Å². The van der Waals surface area contributed by atoms with Gasteiger partial charge in [-0.1, -0.05) is 11.8 Å². The molecule has 0 aliphatic heterocycles. The molecule has 26 heavy (non-hydrogen) atoms. The number of nitrogens with one attached hydrogen (secondary N) is 2. The molecule has 0 unspecified atom stereocenters. The number of thioether (sulfide) groups is 1. The molecule has 1 aliphatic carbocycles. The molecule has 1 heterocycles. The number of aromatic nitrogens is 2. The number of hydrogen-bond acceptors (Lipinski definition) is 7. The number of nitro groups is 1. The van der Waals surface area contributed by atoms with Crippen molar-refractivity contribution in [2.45, 2.75) is 24.4 Å². The molecule has 0 radical (unpaired) electrons. The highest BCUT2D eigenvalue weighted by molar-refractivity contribution is 7.99. The van der Waals surface area contributed by atoms with E-state index in [1.807, 2.05) is 0 Å². The lowest BCUT2D eigenvalue weighted by molar-refractivity contribution is -0.384. The first kappa shape index (κ1) is 17.9. The predicted octanol–water partition coefficient (Wildman–Crippen LogP) is 1.91. The lowest BCUT2D eigenvalue weighted by Gasteiger charge is -2.10. The maximum Gasteiger partial charge on any atom is 0.271 e. The van der Waals surface area contributed by atoms with Crippen molar-refractivity contribution in [3.8, 4) is 5.75 Å². The molecular weight excluding hydrogens is 360 g/mol. The summed E-state index contributed by atoms with van der Waals surface area (Å²) in [5, 5.41) is 13.9. The van der Waals surface area contributed by atoms with Crippen molar-refractivity contribution in [1.82, 2.24) is 9.97 Å². The molecule has 0 bridgehead atoms. The number of amides is 1. The zero-order chi connectivity index (χ0) is 18.7. The van der Waals surface area contributed by atoms with Gasteiger partial charge in [-0.05, 0) is 25.3 Å². The number of hydrogen-bond donors (Lipinski definition) is 2. The monoisotopic (exact) mass is 376 g/mol. The summed E-state index contributed by atoms with van der Waals surface area (Å²) in [5.41, 5.74) is 1.41. The van der Waals surface area contributed by atoms with E-state index in [2.05, 4.69) is 15.3 Å². The highest BCUT2D eigenvalue weighted by Gasteiger charge is 2.18. The molecule has 0 saturated heterocycles. The van der Waals surface area contributed by atoms with E-state index in [1.165, 1.54) is 25.3 Å². The summed E-state index contributed by atoms with van der Waals surface area (Å²) in [5.74, 6) is -0.0805. The summed E-state index contributed by atoms with van der Waals surface area (Å²) in [4.78, 5) is 41.5. The number of ether oxygens (including phenoxy) is 1. The van der Waals surface area contributed by atoms with E-state index in [0.717, 1.165) is 42.3 Å². The van der Waals surface area contributed by atoms with Crippen molar-refractivity contribution < 1.29 is 14.5 Å². The third-order valence-corrected chi connectivity index (χ3v) is 4.80. The normalized spacial score (nSPS) is 12.5. The fraction of sp³-hybridized carbons (Fsp3) is 0.312. The van der Waals surface area contributed by atoms with Gasteiger partial charge in [-0.3, -0.25) is 19.7 Å². The summed E-state index contributed by atoms with van der Waals surface area (Å²) in [7, 11) is 1.41. The van der Waals surface area contributed by atoms with Gasteiger partial charge in [0.25, 0.3) is 11.2 Å². The number of fused-ring (bicyclic) bond motifs is 1. The minimum absolute atomic E-state index is 0.00638. The predicted molar refractivity (Wildman–Crippen MR) is 95.9 cm³/mol. The first-order valence-electron chi connectivity index (χ1n) is 7.85. The minimum atomic E-state index is -0.553. The van der Waals surface area contributed by atoms with Crippen molar-refractivity contribution in [3.05, 3.63) is 49.9 Å². The Labute approximate surface area is 152 Å². The fourth-order valence-electron chi connectivity index (χ4n) is 2.71. The second kappa shape index (κ2) is 7.56. The van der Waals surface area contributed by atoms with E-state index in [0.29, 0.717) is 10.9 Å². The number of carbonyl (C=O) groups is 1. The quantitative estimate of drug-likeness (QED) is 0.341.